The lowest BCUT2D eigenvalue weighted by atomic mass is 9.83. The summed E-state index contributed by atoms with van der Waals surface area (Å²) in [5.41, 5.74) is 4.89. The highest BCUT2D eigenvalue weighted by Crippen LogP contribution is 2.28. The van der Waals surface area contributed by atoms with Gasteiger partial charge >= 0.3 is 5.97 Å². The second kappa shape index (κ2) is 4.10. The van der Waals surface area contributed by atoms with Crippen LogP contribution in [-0.2, 0) is 4.79 Å². The summed E-state index contributed by atoms with van der Waals surface area (Å²) < 4.78 is 0. The van der Waals surface area contributed by atoms with Crippen LogP contribution in [0.3, 0.4) is 0 Å². The number of carboxylic acid groups (broad SMARTS) is 1. The van der Waals surface area contributed by atoms with Gasteiger partial charge in [-0.1, -0.05) is 13.8 Å². The van der Waals surface area contributed by atoms with Crippen molar-refractivity contribution in [3.8, 4) is 0 Å². The Balaban J connectivity index is 2.55. The summed E-state index contributed by atoms with van der Waals surface area (Å²) in [4.78, 5) is 13.1. The fourth-order valence-corrected chi connectivity index (χ4v) is 2.21. The number of hydrogen-bond donors (Lipinski definition) is 2. The molecule has 1 rings (SSSR count). The zero-order chi connectivity index (χ0) is 11.7. The van der Waals surface area contributed by atoms with Crippen molar-refractivity contribution >= 4 is 5.97 Å². The molecule has 4 heteroatoms. The van der Waals surface area contributed by atoms with Crippen molar-refractivity contribution in [1.82, 2.24) is 4.90 Å². The maximum atomic E-state index is 10.9. The van der Waals surface area contributed by atoms with Crippen LogP contribution in [0.25, 0.3) is 0 Å². The molecule has 0 radical (unpaired) electrons. The number of rotatable bonds is 3. The molecule has 0 aromatic heterocycles. The van der Waals surface area contributed by atoms with E-state index in [1.165, 1.54) is 6.42 Å². The van der Waals surface area contributed by atoms with Gasteiger partial charge in [-0.2, -0.15) is 0 Å². The number of piperidine rings is 1. The van der Waals surface area contributed by atoms with E-state index in [1.807, 2.05) is 0 Å². The standard InChI is InChI=1S/C11H22N2O2/c1-10(2)5-4-6-13(7-10)8-11(3,12)9(14)15/h4-8,12H2,1-3H3,(H,14,15). The fourth-order valence-electron chi connectivity index (χ4n) is 2.21. The maximum Gasteiger partial charge on any atom is 0.324 e. The highest BCUT2D eigenvalue weighted by atomic mass is 16.4. The van der Waals surface area contributed by atoms with Gasteiger partial charge in [0.15, 0.2) is 0 Å². The summed E-state index contributed by atoms with van der Waals surface area (Å²) in [5.74, 6) is -0.925. The largest absolute Gasteiger partial charge is 0.480 e. The van der Waals surface area contributed by atoms with E-state index in [9.17, 15) is 4.79 Å². The van der Waals surface area contributed by atoms with Crippen LogP contribution < -0.4 is 5.73 Å². The minimum atomic E-state index is -1.13. The molecule has 3 N–H and O–H groups in total. The maximum absolute atomic E-state index is 10.9. The van der Waals surface area contributed by atoms with Crippen LogP contribution in [0.5, 0.6) is 0 Å². The van der Waals surface area contributed by atoms with E-state index in [4.69, 9.17) is 10.8 Å². The molecule has 0 saturated carbocycles. The van der Waals surface area contributed by atoms with E-state index in [0.717, 1.165) is 19.5 Å². The van der Waals surface area contributed by atoms with E-state index < -0.39 is 11.5 Å². The van der Waals surface area contributed by atoms with Crippen molar-refractivity contribution < 1.29 is 9.90 Å². The normalized spacial score (nSPS) is 25.9. The average Bonchev–Trinajstić information content (AvgIpc) is 2.00. The summed E-state index contributed by atoms with van der Waals surface area (Å²) in [5, 5.41) is 8.95. The van der Waals surface area contributed by atoms with Crippen LogP contribution in [0.1, 0.15) is 33.6 Å². The number of carboxylic acids is 1. The Labute approximate surface area is 91.4 Å². The number of aliphatic carboxylic acids is 1. The van der Waals surface area contributed by atoms with Gasteiger partial charge in [0.2, 0.25) is 0 Å². The molecule has 88 valence electrons. The van der Waals surface area contributed by atoms with Crippen LogP contribution in [0.4, 0.5) is 0 Å². The topological polar surface area (TPSA) is 66.6 Å². The molecule has 1 unspecified atom stereocenters. The van der Waals surface area contributed by atoms with Gasteiger partial charge in [0.05, 0.1) is 0 Å². The van der Waals surface area contributed by atoms with Crippen molar-refractivity contribution in [2.75, 3.05) is 19.6 Å². The predicted molar refractivity (Wildman–Crippen MR) is 59.7 cm³/mol. The van der Waals surface area contributed by atoms with Crippen LogP contribution in [0.15, 0.2) is 0 Å². The highest BCUT2D eigenvalue weighted by molar-refractivity contribution is 5.78. The monoisotopic (exact) mass is 214 g/mol. The molecule has 1 aliphatic heterocycles. The summed E-state index contributed by atoms with van der Waals surface area (Å²) in [6.07, 6.45) is 2.33. The van der Waals surface area contributed by atoms with Crippen molar-refractivity contribution in [2.24, 2.45) is 11.1 Å². The number of hydrogen-bond acceptors (Lipinski definition) is 3. The third-order valence-corrected chi connectivity index (χ3v) is 3.02. The molecule has 1 atom stereocenters. The van der Waals surface area contributed by atoms with Gasteiger partial charge in [-0.05, 0) is 31.7 Å². The number of carbonyl (C=O) groups is 1. The first-order valence-electron chi connectivity index (χ1n) is 5.48. The molecule has 0 aromatic rings. The summed E-state index contributed by atoms with van der Waals surface area (Å²) in [7, 11) is 0. The predicted octanol–water partition coefficient (Wildman–Crippen LogP) is 0.910. The van der Waals surface area contributed by atoms with Gasteiger partial charge in [0.1, 0.15) is 5.54 Å². The SMILES string of the molecule is CC1(C)CCCN(CC(C)(N)C(=O)O)C1. The van der Waals surface area contributed by atoms with Gasteiger partial charge in [0, 0.05) is 13.1 Å². The fraction of sp³-hybridized carbons (Fsp3) is 0.909. The van der Waals surface area contributed by atoms with Crippen LogP contribution in [-0.4, -0.2) is 41.1 Å². The molecule has 1 fully saturated rings. The zero-order valence-corrected chi connectivity index (χ0v) is 9.92. The molecule has 1 heterocycles. The molecule has 0 aliphatic carbocycles. The molecular weight excluding hydrogens is 192 g/mol. The van der Waals surface area contributed by atoms with E-state index >= 15 is 0 Å². The van der Waals surface area contributed by atoms with Gasteiger partial charge in [0.25, 0.3) is 0 Å². The molecule has 1 saturated heterocycles. The van der Waals surface area contributed by atoms with Crippen molar-refractivity contribution in [3.63, 3.8) is 0 Å². The first-order valence-corrected chi connectivity index (χ1v) is 5.48. The molecular formula is C11H22N2O2. The number of nitrogens with zero attached hydrogens (tertiary/aromatic N) is 1. The Morgan fingerprint density at radius 2 is 2.20 bits per heavy atom. The first kappa shape index (κ1) is 12.5. The third kappa shape index (κ3) is 3.47. The minimum Gasteiger partial charge on any atom is -0.480 e. The Morgan fingerprint density at radius 1 is 1.60 bits per heavy atom. The minimum absolute atomic E-state index is 0.285. The van der Waals surface area contributed by atoms with E-state index in [-0.39, 0.29) is 5.41 Å². The number of likely N-dealkylation sites (tertiary alicyclic amines) is 1. The summed E-state index contributed by atoms with van der Waals surface area (Å²) in [6, 6.07) is 0. The van der Waals surface area contributed by atoms with Gasteiger partial charge in [-0.15, -0.1) is 0 Å². The lowest BCUT2D eigenvalue weighted by Crippen LogP contribution is -2.56. The van der Waals surface area contributed by atoms with Crippen molar-refractivity contribution in [1.29, 1.82) is 0 Å². The molecule has 1 aliphatic rings. The van der Waals surface area contributed by atoms with E-state index in [0.29, 0.717) is 6.54 Å². The lowest BCUT2D eigenvalue weighted by Gasteiger charge is -2.40. The Kier molecular flexibility index (Phi) is 3.41. The van der Waals surface area contributed by atoms with Crippen LogP contribution in [0, 0.1) is 5.41 Å². The second-order valence-corrected chi connectivity index (χ2v) is 5.70. The van der Waals surface area contributed by atoms with Gasteiger partial charge in [-0.25, -0.2) is 0 Å². The summed E-state index contributed by atoms with van der Waals surface area (Å²) in [6.45, 7) is 8.35. The third-order valence-electron chi connectivity index (χ3n) is 3.02. The van der Waals surface area contributed by atoms with E-state index in [1.54, 1.807) is 6.92 Å². The molecule has 0 spiro atoms. The second-order valence-electron chi connectivity index (χ2n) is 5.70. The lowest BCUT2D eigenvalue weighted by molar-refractivity contribution is -0.143. The molecule has 0 amide bonds. The van der Waals surface area contributed by atoms with Crippen molar-refractivity contribution in [2.45, 2.75) is 39.2 Å². The molecule has 15 heavy (non-hydrogen) atoms. The Bertz CT molecular complexity index is 249. The smallest absolute Gasteiger partial charge is 0.324 e. The number of nitrogens with two attached hydrogens (primary N) is 1. The summed E-state index contributed by atoms with van der Waals surface area (Å²) >= 11 is 0. The Hall–Kier alpha value is -0.610. The molecule has 0 aromatic carbocycles. The van der Waals surface area contributed by atoms with Crippen LogP contribution >= 0.6 is 0 Å². The van der Waals surface area contributed by atoms with Crippen molar-refractivity contribution in [3.05, 3.63) is 0 Å². The van der Waals surface area contributed by atoms with Gasteiger partial charge < -0.3 is 15.7 Å². The van der Waals surface area contributed by atoms with E-state index in [2.05, 4.69) is 18.7 Å². The van der Waals surface area contributed by atoms with Gasteiger partial charge in [-0.3, -0.25) is 4.79 Å². The highest BCUT2D eigenvalue weighted by Gasteiger charge is 2.34. The molecule has 0 bridgehead atoms. The van der Waals surface area contributed by atoms with Crippen LogP contribution in [0.2, 0.25) is 0 Å². The first-order chi connectivity index (χ1) is 6.73. The zero-order valence-electron chi connectivity index (χ0n) is 9.92. The quantitative estimate of drug-likeness (QED) is 0.733. The average molecular weight is 214 g/mol. The molecule has 4 nitrogen and oxygen atoms in total. The Morgan fingerprint density at radius 3 is 2.67 bits per heavy atom.